The number of rotatable bonds is 6. The second kappa shape index (κ2) is 10.2. The molecule has 152 valence electrons. The number of anilines is 1. The van der Waals surface area contributed by atoms with E-state index in [-0.39, 0.29) is 23.6 Å². The van der Waals surface area contributed by atoms with Gasteiger partial charge in [0.15, 0.2) is 0 Å². The largest absolute Gasteiger partial charge is 0.497 e. The SMILES string of the molecule is CCN(C)CCN1C(=O)C(O)C(c2ccc(OC)cc2)Sc2ccccc21.Cl. The van der Waals surface area contributed by atoms with Crippen LogP contribution in [0.3, 0.4) is 0 Å². The van der Waals surface area contributed by atoms with Gasteiger partial charge in [-0.15, -0.1) is 24.2 Å². The lowest BCUT2D eigenvalue weighted by Gasteiger charge is -2.27. The molecule has 1 amide bonds. The van der Waals surface area contributed by atoms with Gasteiger partial charge in [-0.1, -0.05) is 31.2 Å². The number of carbonyl (C=O) groups excluding carboxylic acids is 1. The lowest BCUT2D eigenvalue weighted by molar-refractivity contribution is -0.126. The van der Waals surface area contributed by atoms with Crippen molar-refractivity contribution in [1.29, 1.82) is 0 Å². The molecule has 1 aliphatic heterocycles. The van der Waals surface area contributed by atoms with Gasteiger partial charge < -0.3 is 19.6 Å². The molecular weight excluding hydrogens is 396 g/mol. The molecule has 28 heavy (non-hydrogen) atoms. The molecule has 0 saturated heterocycles. The summed E-state index contributed by atoms with van der Waals surface area (Å²) < 4.78 is 5.22. The van der Waals surface area contributed by atoms with Gasteiger partial charge in [0.2, 0.25) is 0 Å². The van der Waals surface area contributed by atoms with Crippen LogP contribution < -0.4 is 9.64 Å². The summed E-state index contributed by atoms with van der Waals surface area (Å²) in [7, 11) is 3.65. The summed E-state index contributed by atoms with van der Waals surface area (Å²) in [6.07, 6.45) is -1.11. The van der Waals surface area contributed by atoms with Crippen molar-refractivity contribution in [3.63, 3.8) is 0 Å². The van der Waals surface area contributed by atoms with Gasteiger partial charge in [0.1, 0.15) is 11.9 Å². The number of likely N-dealkylation sites (N-methyl/N-ethyl adjacent to an activating group) is 1. The van der Waals surface area contributed by atoms with Crippen molar-refractivity contribution in [2.24, 2.45) is 0 Å². The Labute approximate surface area is 177 Å². The highest BCUT2D eigenvalue weighted by atomic mass is 35.5. The predicted octanol–water partition coefficient (Wildman–Crippen LogP) is 3.61. The first-order valence-electron chi connectivity index (χ1n) is 9.12. The number of methoxy groups -OCH3 is 1. The Kier molecular flexibility index (Phi) is 8.19. The second-order valence-corrected chi connectivity index (χ2v) is 7.79. The van der Waals surface area contributed by atoms with Crippen LogP contribution in [-0.2, 0) is 4.79 Å². The smallest absolute Gasteiger partial charge is 0.257 e. The molecule has 2 aromatic carbocycles. The molecule has 0 fully saturated rings. The molecule has 0 spiro atoms. The summed E-state index contributed by atoms with van der Waals surface area (Å²) in [4.78, 5) is 18.0. The molecule has 2 aromatic rings. The zero-order valence-corrected chi connectivity index (χ0v) is 18.0. The van der Waals surface area contributed by atoms with Crippen molar-refractivity contribution in [2.45, 2.75) is 23.2 Å². The highest BCUT2D eigenvalue weighted by Gasteiger charge is 2.37. The van der Waals surface area contributed by atoms with E-state index in [2.05, 4.69) is 11.8 Å². The number of nitrogens with zero attached hydrogens (tertiary/aromatic N) is 2. The Hall–Kier alpha value is -1.73. The van der Waals surface area contributed by atoms with Gasteiger partial charge in [-0.2, -0.15) is 0 Å². The highest BCUT2D eigenvalue weighted by molar-refractivity contribution is 7.99. The van der Waals surface area contributed by atoms with Crippen LogP contribution in [0, 0.1) is 0 Å². The number of carbonyl (C=O) groups is 1. The van der Waals surface area contributed by atoms with Gasteiger partial charge in [-0.05, 0) is 43.4 Å². The molecule has 0 bridgehead atoms. The molecule has 2 atom stereocenters. The summed E-state index contributed by atoms with van der Waals surface area (Å²) in [6, 6.07) is 15.4. The minimum atomic E-state index is -1.11. The fourth-order valence-corrected chi connectivity index (χ4v) is 4.36. The van der Waals surface area contributed by atoms with Crippen molar-refractivity contribution < 1.29 is 14.6 Å². The monoisotopic (exact) mass is 422 g/mol. The third-order valence-electron chi connectivity index (χ3n) is 4.91. The third kappa shape index (κ3) is 4.81. The van der Waals surface area contributed by atoms with E-state index < -0.39 is 6.10 Å². The second-order valence-electron chi connectivity index (χ2n) is 6.61. The minimum absolute atomic E-state index is 0. The number of amides is 1. The normalized spacial score (nSPS) is 19.0. The van der Waals surface area contributed by atoms with Crippen LogP contribution in [0.4, 0.5) is 5.69 Å². The Morgan fingerprint density at radius 1 is 1.18 bits per heavy atom. The first-order valence-corrected chi connectivity index (χ1v) is 10.0. The molecule has 1 N–H and O–H groups in total. The van der Waals surface area contributed by atoms with E-state index in [1.807, 2.05) is 55.6 Å². The number of benzene rings is 2. The average Bonchev–Trinajstić information content (AvgIpc) is 2.81. The minimum Gasteiger partial charge on any atom is -0.497 e. The van der Waals surface area contributed by atoms with Crippen LogP contribution in [-0.4, -0.2) is 55.8 Å². The zero-order valence-electron chi connectivity index (χ0n) is 16.4. The topological polar surface area (TPSA) is 53.0 Å². The van der Waals surface area contributed by atoms with Gasteiger partial charge in [0, 0.05) is 18.0 Å². The Morgan fingerprint density at radius 2 is 1.86 bits per heavy atom. The fourth-order valence-electron chi connectivity index (χ4n) is 3.09. The van der Waals surface area contributed by atoms with E-state index in [0.717, 1.165) is 35.0 Å². The molecule has 3 rings (SSSR count). The molecule has 0 aromatic heterocycles. The molecule has 5 nitrogen and oxygen atoms in total. The van der Waals surface area contributed by atoms with Crippen LogP contribution in [0.5, 0.6) is 5.75 Å². The molecule has 1 heterocycles. The van der Waals surface area contributed by atoms with Gasteiger partial charge in [-0.3, -0.25) is 4.79 Å². The summed E-state index contributed by atoms with van der Waals surface area (Å²) in [5.41, 5.74) is 1.77. The lowest BCUT2D eigenvalue weighted by atomic mass is 10.1. The summed E-state index contributed by atoms with van der Waals surface area (Å²) in [5.74, 6) is 0.501. The van der Waals surface area contributed by atoms with E-state index in [4.69, 9.17) is 4.74 Å². The maximum Gasteiger partial charge on any atom is 0.257 e. The standard InChI is InChI=1S/C21H26N2O3S.ClH/c1-4-22(2)13-14-23-17-7-5-6-8-18(17)27-20(19(24)21(23)25)15-9-11-16(26-3)12-10-15;/h5-12,19-20,24H,4,13-14H2,1-3H3;1H. The van der Waals surface area contributed by atoms with Crippen LogP contribution in [0.2, 0.25) is 0 Å². The third-order valence-corrected chi connectivity index (χ3v) is 6.29. The molecule has 7 heteroatoms. The number of hydrogen-bond acceptors (Lipinski definition) is 5. The lowest BCUT2D eigenvalue weighted by Crippen LogP contribution is -2.43. The summed E-state index contributed by atoms with van der Waals surface area (Å²) in [5, 5.41) is 10.5. The van der Waals surface area contributed by atoms with Crippen molar-refractivity contribution in [2.75, 3.05) is 38.7 Å². The van der Waals surface area contributed by atoms with Crippen LogP contribution in [0.15, 0.2) is 53.4 Å². The summed E-state index contributed by atoms with van der Waals surface area (Å²) >= 11 is 1.53. The van der Waals surface area contributed by atoms with E-state index in [1.165, 1.54) is 11.8 Å². The molecule has 2 unspecified atom stereocenters. The Balaban J connectivity index is 0.00000280. The maximum atomic E-state index is 13.1. The molecule has 0 aliphatic carbocycles. The quantitative estimate of drug-likeness (QED) is 0.770. The van der Waals surface area contributed by atoms with E-state index >= 15 is 0 Å². The van der Waals surface area contributed by atoms with E-state index in [1.54, 1.807) is 12.0 Å². The number of halogens is 1. The molecular formula is C21H27ClN2O3S. The maximum absolute atomic E-state index is 13.1. The molecule has 0 radical (unpaired) electrons. The fraction of sp³-hybridized carbons (Fsp3) is 0.381. The number of thioether (sulfide) groups is 1. The van der Waals surface area contributed by atoms with Crippen molar-refractivity contribution >= 4 is 35.8 Å². The number of para-hydroxylation sites is 1. The van der Waals surface area contributed by atoms with Crippen molar-refractivity contribution in [1.82, 2.24) is 4.90 Å². The predicted molar refractivity (Wildman–Crippen MR) is 117 cm³/mol. The van der Waals surface area contributed by atoms with Crippen LogP contribution in [0.1, 0.15) is 17.7 Å². The van der Waals surface area contributed by atoms with E-state index in [0.29, 0.717) is 6.54 Å². The Bertz CT molecular complexity index is 787. The number of ether oxygens (including phenoxy) is 1. The van der Waals surface area contributed by atoms with Gasteiger partial charge in [-0.25, -0.2) is 0 Å². The number of hydrogen-bond donors (Lipinski definition) is 1. The van der Waals surface area contributed by atoms with Gasteiger partial charge in [0.05, 0.1) is 18.0 Å². The van der Waals surface area contributed by atoms with Gasteiger partial charge >= 0.3 is 0 Å². The first-order chi connectivity index (χ1) is 13.0. The van der Waals surface area contributed by atoms with Crippen LogP contribution >= 0.6 is 24.2 Å². The summed E-state index contributed by atoms with van der Waals surface area (Å²) in [6.45, 7) is 4.30. The molecule has 0 saturated carbocycles. The zero-order chi connectivity index (χ0) is 19.4. The number of aliphatic hydroxyl groups is 1. The van der Waals surface area contributed by atoms with E-state index in [9.17, 15) is 9.90 Å². The number of aliphatic hydroxyl groups excluding tert-OH is 1. The molecule has 1 aliphatic rings. The number of fused-ring (bicyclic) bond motifs is 1. The Morgan fingerprint density at radius 3 is 2.50 bits per heavy atom. The van der Waals surface area contributed by atoms with Crippen molar-refractivity contribution in [3.8, 4) is 5.75 Å². The van der Waals surface area contributed by atoms with Gasteiger partial charge in [0.25, 0.3) is 5.91 Å². The van der Waals surface area contributed by atoms with Crippen molar-refractivity contribution in [3.05, 3.63) is 54.1 Å². The average molecular weight is 423 g/mol. The first kappa shape index (κ1) is 22.6. The van der Waals surface area contributed by atoms with Crippen LogP contribution in [0.25, 0.3) is 0 Å². The highest BCUT2D eigenvalue weighted by Crippen LogP contribution is 2.45.